The van der Waals surface area contributed by atoms with Gasteiger partial charge in [0.15, 0.2) is 0 Å². The minimum atomic E-state index is -0.146. The third kappa shape index (κ3) is 4.04. The van der Waals surface area contributed by atoms with Crippen molar-refractivity contribution in [3.63, 3.8) is 0 Å². The van der Waals surface area contributed by atoms with Gasteiger partial charge in [0.05, 0.1) is 5.57 Å². The maximum Gasteiger partial charge on any atom is 0.277 e. The van der Waals surface area contributed by atoms with Crippen molar-refractivity contribution in [3.8, 4) is 0 Å². The number of hydrogen-bond acceptors (Lipinski definition) is 3. The predicted octanol–water partition coefficient (Wildman–Crippen LogP) is 4.44. The molecule has 0 radical (unpaired) electrons. The molecule has 0 aliphatic carbocycles. The minimum Gasteiger partial charge on any atom is -0.366 e. The van der Waals surface area contributed by atoms with Crippen LogP contribution in [0.15, 0.2) is 60.3 Å². The first-order valence-electron chi connectivity index (χ1n) is 11.0. The quantitative estimate of drug-likeness (QED) is 0.671. The standard InChI is InChI=1S/C26H30N2O2/c1-3-15-28-25(29)23(22-11-9-19(2)10-12-22)24(26(28)30)27-16-13-21(14-17-27)18-20-7-5-4-6-8-20/h4-12,21H,3,13-18H2,1-2H3. The Labute approximate surface area is 179 Å². The third-order valence-electron chi connectivity index (χ3n) is 6.23. The molecule has 156 valence electrons. The number of piperidine rings is 1. The van der Waals surface area contributed by atoms with Crippen molar-refractivity contribution in [1.29, 1.82) is 0 Å². The van der Waals surface area contributed by atoms with Crippen molar-refractivity contribution >= 4 is 17.4 Å². The normalized spacial score (nSPS) is 17.9. The first-order valence-corrected chi connectivity index (χ1v) is 11.0. The second-order valence-electron chi connectivity index (χ2n) is 8.47. The van der Waals surface area contributed by atoms with E-state index in [1.165, 1.54) is 10.5 Å². The smallest absolute Gasteiger partial charge is 0.277 e. The van der Waals surface area contributed by atoms with E-state index in [2.05, 4.69) is 35.2 Å². The van der Waals surface area contributed by atoms with Gasteiger partial charge in [0.25, 0.3) is 11.8 Å². The maximum absolute atomic E-state index is 13.2. The van der Waals surface area contributed by atoms with Crippen LogP contribution in [0.2, 0.25) is 0 Å². The SMILES string of the molecule is CCCN1C(=O)C(c2ccc(C)cc2)=C(N2CCC(Cc3ccccc3)CC2)C1=O. The molecule has 0 atom stereocenters. The van der Waals surface area contributed by atoms with E-state index >= 15 is 0 Å². The van der Waals surface area contributed by atoms with Crippen LogP contribution in [0.3, 0.4) is 0 Å². The summed E-state index contributed by atoms with van der Waals surface area (Å²) in [6.07, 6.45) is 3.92. The lowest BCUT2D eigenvalue weighted by Gasteiger charge is -2.34. The molecule has 0 saturated carbocycles. The summed E-state index contributed by atoms with van der Waals surface area (Å²) in [5.41, 5.74) is 4.55. The molecule has 0 aromatic heterocycles. The monoisotopic (exact) mass is 402 g/mol. The highest BCUT2D eigenvalue weighted by Gasteiger charge is 2.41. The zero-order valence-electron chi connectivity index (χ0n) is 17.9. The van der Waals surface area contributed by atoms with Crippen LogP contribution in [0.5, 0.6) is 0 Å². The predicted molar refractivity (Wildman–Crippen MR) is 120 cm³/mol. The summed E-state index contributed by atoms with van der Waals surface area (Å²) in [4.78, 5) is 30.0. The van der Waals surface area contributed by atoms with Crippen LogP contribution in [0.25, 0.3) is 5.57 Å². The molecule has 0 N–H and O–H groups in total. The number of carbonyl (C=O) groups is 2. The fourth-order valence-electron chi connectivity index (χ4n) is 4.57. The first kappa shape index (κ1) is 20.4. The van der Waals surface area contributed by atoms with Crippen molar-refractivity contribution in [1.82, 2.24) is 9.80 Å². The van der Waals surface area contributed by atoms with Gasteiger partial charge in [-0.2, -0.15) is 0 Å². The molecule has 2 aromatic carbocycles. The lowest BCUT2D eigenvalue weighted by molar-refractivity contribution is -0.137. The number of rotatable bonds is 6. The summed E-state index contributed by atoms with van der Waals surface area (Å²) in [7, 11) is 0. The minimum absolute atomic E-state index is 0.126. The van der Waals surface area contributed by atoms with Gasteiger partial charge in [-0.1, -0.05) is 67.1 Å². The second kappa shape index (κ2) is 8.86. The number of imide groups is 1. The van der Waals surface area contributed by atoms with Crippen molar-refractivity contribution in [2.24, 2.45) is 5.92 Å². The summed E-state index contributed by atoms with van der Waals surface area (Å²) >= 11 is 0. The summed E-state index contributed by atoms with van der Waals surface area (Å²) < 4.78 is 0. The van der Waals surface area contributed by atoms with E-state index in [9.17, 15) is 9.59 Å². The van der Waals surface area contributed by atoms with Gasteiger partial charge in [-0.25, -0.2) is 0 Å². The van der Waals surface area contributed by atoms with E-state index in [1.54, 1.807) is 0 Å². The van der Waals surface area contributed by atoms with Crippen LogP contribution in [-0.2, 0) is 16.0 Å². The highest BCUT2D eigenvalue weighted by Crippen LogP contribution is 2.34. The Morgan fingerprint density at radius 2 is 1.57 bits per heavy atom. The van der Waals surface area contributed by atoms with E-state index in [0.29, 0.717) is 23.7 Å². The van der Waals surface area contributed by atoms with E-state index in [4.69, 9.17) is 0 Å². The van der Waals surface area contributed by atoms with E-state index in [-0.39, 0.29) is 11.8 Å². The zero-order valence-corrected chi connectivity index (χ0v) is 17.9. The largest absolute Gasteiger partial charge is 0.366 e. The summed E-state index contributed by atoms with van der Waals surface area (Å²) in [5, 5.41) is 0. The third-order valence-corrected chi connectivity index (χ3v) is 6.23. The lowest BCUT2D eigenvalue weighted by Crippen LogP contribution is -2.39. The van der Waals surface area contributed by atoms with Crippen LogP contribution >= 0.6 is 0 Å². The van der Waals surface area contributed by atoms with Gasteiger partial charge in [0.1, 0.15) is 5.70 Å². The first-order chi connectivity index (χ1) is 14.6. The molecule has 0 bridgehead atoms. The van der Waals surface area contributed by atoms with Crippen LogP contribution in [-0.4, -0.2) is 41.2 Å². The van der Waals surface area contributed by atoms with Gasteiger partial charge in [-0.05, 0) is 49.7 Å². The van der Waals surface area contributed by atoms with Crippen LogP contribution in [0.1, 0.15) is 42.9 Å². The Balaban J connectivity index is 1.57. The highest BCUT2D eigenvalue weighted by atomic mass is 16.2. The number of carbonyl (C=O) groups excluding carboxylic acids is 2. The number of nitrogens with zero attached hydrogens (tertiary/aromatic N) is 2. The van der Waals surface area contributed by atoms with E-state index in [0.717, 1.165) is 49.9 Å². The van der Waals surface area contributed by atoms with Gasteiger partial charge in [-0.3, -0.25) is 14.5 Å². The fourth-order valence-corrected chi connectivity index (χ4v) is 4.57. The van der Waals surface area contributed by atoms with E-state index in [1.807, 2.05) is 38.1 Å². The molecule has 2 aliphatic heterocycles. The number of aryl methyl sites for hydroxylation is 1. The van der Waals surface area contributed by atoms with Crippen molar-refractivity contribution in [2.75, 3.05) is 19.6 Å². The average molecular weight is 403 g/mol. The topological polar surface area (TPSA) is 40.6 Å². The number of hydrogen-bond donors (Lipinski definition) is 0. The summed E-state index contributed by atoms with van der Waals surface area (Å²) in [6.45, 7) is 6.14. The van der Waals surface area contributed by atoms with Crippen LogP contribution in [0, 0.1) is 12.8 Å². The van der Waals surface area contributed by atoms with Crippen LogP contribution in [0.4, 0.5) is 0 Å². The molecule has 2 aromatic rings. The van der Waals surface area contributed by atoms with Gasteiger partial charge in [-0.15, -0.1) is 0 Å². The fraction of sp³-hybridized carbons (Fsp3) is 0.385. The van der Waals surface area contributed by atoms with Crippen LogP contribution < -0.4 is 0 Å². The molecule has 2 aliphatic rings. The Morgan fingerprint density at radius 1 is 0.900 bits per heavy atom. The molecule has 1 saturated heterocycles. The van der Waals surface area contributed by atoms with Crippen molar-refractivity contribution in [2.45, 2.75) is 39.5 Å². The molecule has 1 fully saturated rings. The summed E-state index contributed by atoms with van der Waals surface area (Å²) in [5.74, 6) is 0.345. The molecular formula is C26H30N2O2. The number of amides is 2. The maximum atomic E-state index is 13.2. The lowest BCUT2D eigenvalue weighted by atomic mass is 9.89. The molecule has 0 spiro atoms. The Bertz CT molecular complexity index is 939. The molecule has 4 heteroatoms. The Kier molecular flexibility index (Phi) is 6.03. The molecule has 30 heavy (non-hydrogen) atoms. The van der Waals surface area contributed by atoms with E-state index < -0.39 is 0 Å². The van der Waals surface area contributed by atoms with Crippen molar-refractivity contribution in [3.05, 3.63) is 77.0 Å². The van der Waals surface area contributed by atoms with Gasteiger partial charge in [0, 0.05) is 19.6 Å². The Hall–Kier alpha value is -2.88. The second-order valence-corrected chi connectivity index (χ2v) is 8.47. The zero-order chi connectivity index (χ0) is 21.1. The molecule has 4 nitrogen and oxygen atoms in total. The highest BCUT2D eigenvalue weighted by molar-refractivity contribution is 6.35. The summed E-state index contributed by atoms with van der Waals surface area (Å²) in [6, 6.07) is 18.6. The Morgan fingerprint density at radius 3 is 2.20 bits per heavy atom. The number of likely N-dealkylation sites (tertiary alicyclic amines) is 1. The van der Waals surface area contributed by atoms with Gasteiger partial charge < -0.3 is 4.90 Å². The molecule has 2 heterocycles. The molecule has 4 rings (SSSR count). The molecule has 2 amide bonds. The van der Waals surface area contributed by atoms with Gasteiger partial charge >= 0.3 is 0 Å². The average Bonchev–Trinajstić information content (AvgIpc) is 3.01. The van der Waals surface area contributed by atoms with Crippen molar-refractivity contribution < 1.29 is 9.59 Å². The molecule has 0 unspecified atom stereocenters. The number of benzene rings is 2. The molecular weight excluding hydrogens is 372 g/mol. The van der Waals surface area contributed by atoms with Gasteiger partial charge in [0.2, 0.25) is 0 Å².